The molecule has 0 radical (unpaired) electrons. The van der Waals surface area contributed by atoms with Crippen molar-refractivity contribution in [1.82, 2.24) is 19.9 Å². The Morgan fingerprint density at radius 3 is 2.90 bits per heavy atom. The molecule has 0 aliphatic heterocycles. The second kappa shape index (κ2) is 4.27. The van der Waals surface area contributed by atoms with Gasteiger partial charge in [-0.05, 0) is 19.1 Å². The molecule has 3 heterocycles. The summed E-state index contributed by atoms with van der Waals surface area (Å²) in [6.07, 6.45) is 1.49. The summed E-state index contributed by atoms with van der Waals surface area (Å²) in [5, 5.41) is 8.29. The highest BCUT2D eigenvalue weighted by atomic mass is 16.6. The number of benzene rings is 1. The monoisotopic (exact) mass is 282 g/mol. The van der Waals surface area contributed by atoms with E-state index in [1.54, 1.807) is 6.92 Å². The van der Waals surface area contributed by atoms with Gasteiger partial charge in [-0.25, -0.2) is 9.61 Å². The predicted molar refractivity (Wildman–Crippen MR) is 73.9 cm³/mol. The molecule has 21 heavy (non-hydrogen) atoms. The van der Waals surface area contributed by atoms with E-state index in [4.69, 9.17) is 4.42 Å². The molecule has 0 N–H and O–H groups in total. The molecule has 4 rings (SSSR count). The molecule has 0 bridgehead atoms. The van der Waals surface area contributed by atoms with Crippen molar-refractivity contribution in [3.8, 4) is 0 Å². The minimum absolute atomic E-state index is 0.243. The number of nitrogens with zero attached hydrogens (tertiary/aromatic N) is 4. The number of hydrogen-bond acceptors (Lipinski definition) is 6. The van der Waals surface area contributed by atoms with E-state index in [0.29, 0.717) is 22.5 Å². The van der Waals surface area contributed by atoms with Crippen LogP contribution in [0.15, 0.2) is 44.4 Å². The Kier molecular flexibility index (Phi) is 2.41. The molecule has 0 fully saturated rings. The minimum Gasteiger partial charge on any atom is -0.448 e. The molecule has 4 aromatic rings. The van der Waals surface area contributed by atoms with Crippen molar-refractivity contribution >= 4 is 22.1 Å². The molecule has 0 spiro atoms. The second-order valence-electron chi connectivity index (χ2n) is 4.75. The molecule has 104 valence electrons. The van der Waals surface area contributed by atoms with Crippen LogP contribution in [-0.2, 0) is 6.54 Å². The third-order valence-corrected chi connectivity index (χ3v) is 3.42. The Hall–Kier alpha value is -2.96. The van der Waals surface area contributed by atoms with Crippen LogP contribution in [0.3, 0.4) is 0 Å². The lowest BCUT2D eigenvalue weighted by atomic mass is 10.2. The van der Waals surface area contributed by atoms with Crippen molar-refractivity contribution < 1.29 is 9.05 Å². The van der Waals surface area contributed by atoms with Gasteiger partial charge in [0, 0.05) is 5.39 Å². The number of aromatic nitrogens is 4. The van der Waals surface area contributed by atoms with Gasteiger partial charge in [-0.15, -0.1) is 0 Å². The highest BCUT2D eigenvalue weighted by Crippen LogP contribution is 2.24. The predicted octanol–water partition coefficient (Wildman–Crippen LogP) is 1.88. The van der Waals surface area contributed by atoms with Crippen LogP contribution in [0.5, 0.6) is 0 Å². The molecule has 0 saturated carbocycles. The molecule has 3 aromatic heterocycles. The van der Waals surface area contributed by atoms with E-state index in [1.807, 2.05) is 24.3 Å². The zero-order chi connectivity index (χ0) is 14.4. The molecule has 0 aliphatic carbocycles. The Morgan fingerprint density at radius 2 is 2.10 bits per heavy atom. The summed E-state index contributed by atoms with van der Waals surface area (Å²) >= 11 is 0. The summed E-state index contributed by atoms with van der Waals surface area (Å²) in [6.45, 7) is 2.01. The van der Waals surface area contributed by atoms with Gasteiger partial charge in [-0.3, -0.25) is 9.36 Å². The Morgan fingerprint density at radius 1 is 1.24 bits per heavy atom. The van der Waals surface area contributed by atoms with Crippen molar-refractivity contribution in [2.75, 3.05) is 0 Å². The summed E-state index contributed by atoms with van der Waals surface area (Å²) in [7, 11) is 0. The third kappa shape index (κ3) is 1.74. The second-order valence-corrected chi connectivity index (χ2v) is 4.75. The number of hydrogen-bond donors (Lipinski definition) is 0. The van der Waals surface area contributed by atoms with E-state index in [0.717, 1.165) is 5.39 Å². The summed E-state index contributed by atoms with van der Waals surface area (Å²) in [5.74, 6) is 0. The molecule has 0 amide bonds. The van der Waals surface area contributed by atoms with Crippen LogP contribution in [0.4, 0.5) is 0 Å². The summed E-state index contributed by atoms with van der Waals surface area (Å²) < 4.78 is 11.7. The molecule has 0 atom stereocenters. The van der Waals surface area contributed by atoms with Gasteiger partial charge in [0.1, 0.15) is 22.5 Å². The number of para-hydroxylation sites is 1. The van der Waals surface area contributed by atoms with Crippen LogP contribution in [0.1, 0.15) is 11.4 Å². The molecule has 0 aliphatic rings. The highest BCUT2D eigenvalue weighted by molar-refractivity contribution is 6.01. The van der Waals surface area contributed by atoms with Gasteiger partial charge in [-0.2, -0.15) is 0 Å². The first-order valence-corrected chi connectivity index (χ1v) is 6.39. The lowest BCUT2D eigenvalue weighted by Crippen LogP contribution is -2.21. The van der Waals surface area contributed by atoms with Crippen molar-refractivity contribution in [2.45, 2.75) is 13.5 Å². The van der Waals surface area contributed by atoms with Crippen molar-refractivity contribution in [1.29, 1.82) is 0 Å². The average Bonchev–Trinajstić information content (AvgIpc) is 3.06. The SMILES string of the molecule is Cc1nonc1Cn1cnc2c(oc3ccccc32)c1=O. The van der Waals surface area contributed by atoms with Crippen LogP contribution in [0.25, 0.3) is 22.1 Å². The first-order chi connectivity index (χ1) is 10.2. The van der Waals surface area contributed by atoms with Gasteiger partial charge in [0.05, 0.1) is 12.9 Å². The van der Waals surface area contributed by atoms with Crippen LogP contribution in [0, 0.1) is 6.92 Å². The van der Waals surface area contributed by atoms with Gasteiger partial charge >= 0.3 is 0 Å². The molecule has 0 saturated heterocycles. The van der Waals surface area contributed by atoms with E-state index in [-0.39, 0.29) is 17.7 Å². The lowest BCUT2D eigenvalue weighted by molar-refractivity contribution is 0.300. The van der Waals surface area contributed by atoms with Gasteiger partial charge in [0.25, 0.3) is 5.56 Å². The van der Waals surface area contributed by atoms with E-state index in [2.05, 4.69) is 19.9 Å². The number of aryl methyl sites for hydroxylation is 1. The Bertz CT molecular complexity index is 1010. The fourth-order valence-electron chi connectivity index (χ4n) is 2.28. The van der Waals surface area contributed by atoms with E-state index >= 15 is 0 Å². The molecule has 1 aromatic carbocycles. The van der Waals surface area contributed by atoms with Gasteiger partial charge in [0.15, 0.2) is 0 Å². The van der Waals surface area contributed by atoms with E-state index in [9.17, 15) is 4.79 Å². The molecule has 7 nitrogen and oxygen atoms in total. The maximum atomic E-state index is 12.5. The maximum Gasteiger partial charge on any atom is 0.297 e. The van der Waals surface area contributed by atoms with Crippen molar-refractivity contribution in [2.24, 2.45) is 0 Å². The number of fused-ring (bicyclic) bond motifs is 3. The largest absolute Gasteiger partial charge is 0.448 e. The topological polar surface area (TPSA) is 86.9 Å². The highest BCUT2D eigenvalue weighted by Gasteiger charge is 2.14. The third-order valence-electron chi connectivity index (χ3n) is 3.42. The van der Waals surface area contributed by atoms with Crippen LogP contribution in [-0.4, -0.2) is 19.9 Å². The number of furan rings is 1. The molecular formula is C14H10N4O3. The van der Waals surface area contributed by atoms with Crippen molar-refractivity contribution in [3.05, 3.63) is 52.3 Å². The first kappa shape index (κ1) is 11.8. The zero-order valence-electron chi connectivity index (χ0n) is 11.1. The van der Waals surface area contributed by atoms with Gasteiger partial charge < -0.3 is 4.42 Å². The van der Waals surface area contributed by atoms with Gasteiger partial charge in [0.2, 0.25) is 5.58 Å². The van der Waals surface area contributed by atoms with E-state index in [1.165, 1.54) is 10.9 Å². The Balaban J connectivity index is 1.92. The quantitative estimate of drug-likeness (QED) is 0.558. The van der Waals surface area contributed by atoms with Crippen LogP contribution >= 0.6 is 0 Å². The fourth-order valence-corrected chi connectivity index (χ4v) is 2.28. The molecular weight excluding hydrogens is 272 g/mol. The maximum absolute atomic E-state index is 12.5. The summed E-state index contributed by atoms with van der Waals surface area (Å²) in [5.41, 5.74) is 2.45. The smallest absolute Gasteiger partial charge is 0.297 e. The normalized spacial score (nSPS) is 11.5. The standard InChI is InChI=1S/C14H10N4O3/c1-8-10(17-21-16-8)6-18-7-15-12-9-4-2-3-5-11(9)20-13(12)14(18)19/h2-5,7H,6H2,1H3. The zero-order valence-corrected chi connectivity index (χ0v) is 11.1. The lowest BCUT2D eigenvalue weighted by Gasteiger charge is -2.01. The van der Waals surface area contributed by atoms with E-state index < -0.39 is 0 Å². The molecule has 7 heteroatoms. The van der Waals surface area contributed by atoms with Gasteiger partial charge in [-0.1, -0.05) is 22.4 Å². The minimum atomic E-state index is -0.251. The van der Waals surface area contributed by atoms with Crippen molar-refractivity contribution in [3.63, 3.8) is 0 Å². The van der Waals surface area contributed by atoms with Crippen LogP contribution in [0.2, 0.25) is 0 Å². The number of rotatable bonds is 2. The first-order valence-electron chi connectivity index (χ1n) is 6.39. The molecule has 0 unspecified atom stereocenters. The average molecular weight is 282 g/mol. The summed E-state index contributed by atoms with van der Waals surface area (Å²) in [4.78, 5) is 16.8. The Labute approximate surface area is 117 Å². The van der Waals surface area contributed by atoms with Crippen LogP contribution < -0.4 is 5.56 Å². The fraction of sp³-hybridized carbons (Fsp3) is 0.143. The summed E-state index contributed by atoms with van der Waals surface area (Å²) in [6, 6.07) is 7.43.